The van der Waals surface area contributed by atoms with Crippen LogP contribution in [0, 0.1) is 6.92 Å². The van der Waals surface area contributed by atoms with Gasteiger partial charge in [0.2, 0.25) is 11.8 Å². The van der Waals surface area contributed by atoms with Crippen molar-refractivity contribution in [2.75, 3.05) is 17.1 Å². The Labute approximate surface area is 183 Å². The van der Waals surface area contributed by atoms with E-state index in [1.807, 2.05) is 25.3 Å². The fourth-order valence-corrected chi connectivity index (χ4v) is 4.28. The van der Waals surface area contributed by atoms with Crippen molar-refractivity contribution in [1.29, 1.82) is 0 Å². The first-order valence-electron chi connectivity index (χ1n) is 10.1. The van der Waals surface area contributed by atoms with E-state index in [2.05, 4.69) is 20.0 Å². The monoisotopic (exact) mass is 441 g/mol. The summed E-state index contributed by atoms with van der Waals surface area (Å²) in [5.74, 6) is 1.14. The summed E-state index contributed by atoms with van der Waals surface area (Å²) in [7, 11) is 1.50. The maximum absolute atomic E-state index is 10.9. The van der Waals surface area contributed by atoms with Gasteiger partial charge in [0, 0.05) is 40.5 Å². The molecule has 164 valence electrons. The molecule has 1 aliphatic carbocycles. The number of pyridine rings is 1. The van der Waals surface area contributed by atoms with E-state index in [1.54, 1.807) is 12.1 Å². The first kappa shape index (κ1) is 21.4. The summed E-state index contributed by atoms with van der Waals surface area (Å²) in [5.41, 5.74) is 9.49. The van der Waals surface area contributed by atoms with Crippen molar-refractivity contribution in [3.63, 3.8) is 0 Å². The van der Waals surface area contributed by atoms with Gasteiger partial charge >= 0.3 is 0 Å². The van der Waals surface area contributed by atoms with Crippen LogP contribution in [0.25, 0.3) is 22.0 Å². The van der Waals surface area contributed by atoms with Crippen LogP contribution in [0.3, 0.4) is 0 Å². The van der Waals surface area contributed by atoms with Crippen LogP contribution in [0.2, 0.25) is 0 Å². The molecule has 1 aliphatic rings. The number of ether oxygens (including phenoxy) is 1. The predicted molar refractivity (Wildman–Crippen MR) is 120 cm³/mol. The van der Waals surface area contributed by atoms with Crippen LogP contribution in [-0.4, -0.2) is 42.9 Å². The van der Waals surface area contributed by atoms with Gasteiger partial charge in [0.15, 0.2) is 0 Å². The van der Waals surface area contributed by atoms with Gasteiger partial charge in [-0.15, -0.1) is 0 Å². The highest BCUT2D eigenvalue weighted by Crippen LogP contribution is 2.35. The van der Waals surface area contributed by atoms with Crippen molar-refractivity contribution in [3.8, 4) is 17.0 Å². The van der Waals surface area contributed by atoms with Crippen LogP contribution >= 0.6 is 0 Å². The zero-order valence-electron chi connectivity index (χ0n) is 17.4. The minimum Gasteiger partial charge on any atom is -0.755 e. The van der Waals surface area contributed by atoms with Gasteiger partial charge in [-0.2, -0.15) is 4.98 Å². The van der Waals surface area contributed by atoms with E-state index >= 15 is 0 Å². The fraction of sp³-hybridized carbons (Fsp3) is 0.381. The van der Waals surface area contributed by atoms with Gasteiger partial charge in [0.25, 0.3) is 0 Å². The molecule has 0 radical (unpaired) electrons. The molecule has 4 N–H and O–H groups in total. The summed E-state index contributed by atoms with van der Waals surface area (Å²) in [6.07, 6.45) is 5.91. The van der Waals surface area contributed by atoms with Crippen LogP contribution in [0.15, 0.2) is 30.5 Å². The van der Waals surface area contributed by atoms with Crippen molar-refractivity contribution in [1.82, 2.24) is 15.0 Å². The van der Waals surface area contributed by atoms with Crippen molar-refractivity contribution in [2.45, 2.75) is 44.7 Å². The fourth-order valence-electron chi connectivity index (χ4n) is 3.99. The third kappa shape index (κ3) is 4.76. The first-order chi connectivity index (χ1) is 14.9. The van der Waals surface area contributed by atoms with Crippen LogP contribution in [0.1, 0.15) is 31.2 Å². The molecular weight excluding hydrogens is 416 g/mol. The maximum Gasteiger partial charge on any atom is 0.223 e. The molecule has 1 aromatic carbocycles. The third-order valence-electron chi connectivity index (χ3n) is 5.67. The number of methoxy groups -OCH3 is 1. The number of benzene rings is 1. The molecular formula is C21H25N6O3S-. The summed E-state index contributed by atoms with van der Waals surface area (Å²) in [6, 6.07) is 7.93. The van der Waals surface area contributed by atoms with Gasteiger partial charge in [-0.3, -0.25) is 4.21 Å². The third-order valence-corrected chi connectivity index (χ3v) is 6.05. The van der Waals surface area contributed by atoms with E-state index in [0.29, 0.717) is 23.9 Å². The Hall–Kier alpha value is -2.82. The Morgan fingerprint density at radius 2 is 1.87 bits per heavy atom. The zero-order valence-corrected chi connectivity index (χ0v) is 18.2. The molecule has 31 heavy (non-hydrogen) atoms. The second-order valence-electron chi connectivity index (χ2n) is 7.71. The maximum atomic E-state index is 10.9. The Kier molecular flexibility index (Phi) is 6.30. The van der Waals surface area contributed by atoms with Gasteiger partial charge < -0.3 is 25.1 Å². The highest BCUT2D eigenvalue weighted by Gasteiger charge is 2.19. The molecule has 1 fully saturated rings. The van der Waals surface area contributed by atoms with Gasteiger partial charge in [0.1, 0.15) is 5.82 Å². The molecule has 0 spiro atoms. The van der Waals surface area contributed by atoms with E-state index < -0.39 is 11.3 Å². The SMILES string of the molecule is COc1nc(NS(=O)[O-])ccc1-c1ccc2nc(NC3CCC(N)CC3)ncc2c1C. The minimum atomic E-state index is -2.45. The molecule has 1 saturated carbocycles. The topological polar surface area (TPSA) is 138 Å². The summed E-state index contributed by atoms with van der Waals surface area (Å²) in [4.78, 5) is 13.5. The number of aryl methyl sites for hydroxylation is 1. The first-order valence-corrected chi connectivity index (χ1v) is 11.2. The summed E-state index contributed by atoms with van der Waals surface area (Å²) in [6.45, 7) is 1.99. The van der Waals surface area contributed by atoms with Gasteiger partial charge in [-0.25, -0.2) is 9.97 Å². The average Bonchev–Trinajstić information content (AvgIpc) is 2.75. The summed E-state index contributed by atoms with van der Waals surface area (Å²) >= 11 is -2.45. The van der Waals surface area contributed by atoms with E-state index in [-0.39, 0.29) is 5.82 Å². The molecule has 9 nitrogen and oxygen atoms in total. The van der Waals surface area contributed by atoms with E-state index in [0.717, 1.165) is 53.3 Å². The normalized spacial score (nSPS) is 19.7. The number of hydrogen-bond donors (Lipinski definition) is 3. The van der Waals surface area contributed by atoms with Crippen molar-refractivity contribution in [2.24, 2.45) is 5.73 Å². The number of nitrogens with two attached hydrogens (primary N) is 1. The van der Waals surface area contributed by atoms with Gasteiger partial charge in [0.05, 0.1) is 12.6 Å². The molecule has 1 atom stereocenters. The highest BCUT2D eigenvalue weighted by molar-refractivity contribution is 7.80. The van der Waals surface area contributed by atoms with Gasteiger partial charge in [-0.05, 0) is 61.9 Å². The standard InChI is InChI=1S/C21H26N6O3S/c1-12-15(16-8-10-19(27-31(28)29)26-20(16)30-2)7-9-18-17(12)11-23-21(25-18)24-14-5-3-13(22)4-6-14/h7-11,13-14H,3-6,22H2,1-2H3,(H,26,27)(H,28,29)(H,23,24,25)/p-1. The molecule has 0 amide bonds. The Morgan fingerprint density at radius 1 is 1.13 bits per heavy atom. The lowest BCUT2D eigenvalue weighted by molar-refractivity contribution is 0.400. The lowest BCUT2D eigenvalue weighted by atomic mass is 9.92. The highest BCUT2D eigenvalue weighted by atomic mass is 32.2. The molecule has 10 heteroatoms. The average molecular weight is 442 g/mol. The molecule has 0 aliphatic heterocycles. The Bertz CT molecular complexity index is 1120. The number of hydrogen-bond acceptors (Lipinski definition) is 8. The van der Waals surface area contributed by atoms with Crippen LogP contribution in [0.5, 0.6) is 5.88 Å². The smallest absolute Gasteiger partial charge is 0.223 e. The summed E-state index contributed by atoms with van der Waals surface area (Å²) < 4.78 is 29.4. The molecule has 1 unspecified atom stereocenters. The lowest BCUT2D eigenvalue weighted by Crippen LogP contribution is -2.33. The number of anilines is 2. The minimum absolute atomic E-state index is 0.190. The second kappa shape index (κ2) is 9.13. The molecule has 2 aromatic heterocycles. The number of nitrogens with zero attached hydrogens (tertiary/aromatic N) is 3. The quantitative estimate of drug-likeness (QED) is 0.496. The number of aromatic nitrogens is 3. The van der Waals surface area contributed by atoms with Crippen LogP contribution in [-0.2, 0) is 11.3 Å². The second-order valence-corrected chi connectivity index (χ2v) is 8.38. The van der Waals surface area contributed by atoms with Crippen molar-refractivity contribution >= 4 is 33.9 Å². The number of fused-ring (bicyclic) bond motifs is 1. The Balaban J connectivity index is 1.63. The van der Waals surface area contributed by atoms with E-state index in [4.69, 9.17) is 15.5 Å². The molecule has 4 rings (SSSR count). The number of nitrogens with one attached hydrogen (secondary N) is 2. The van der Waals surface area contributed by atoms with Crippen molar-refractivity contribution in [3.05, 3.63) is 36.0 Å². The van der Waals surface area contributed by atoms with E-state index in [1.165, 1.54) is 7.11 Å². The molecule has 2 heterocycles. The van der Waals surface area contributed by atoms with Gasteiger partial charge in [-0.1, -0.05) is 6.07 Å². The summed E-state index contributed by atoms with van der Waals surface area (Å²) in [5, 5.41) is 4.36. The van der Waals surface area contributed by atoms with Crippen molar-refractivity contribution < 1.29 is 13.5 Å². The van der Waals surface area contributed by atoms with E-state index in [9.17, 15) is 8.76 Å². The molecule has 0 bridgehead atoms. The Morgan fingerprint density at radius 3 is 2.58 bits per heavy atom. The number of rotatable bonds is 6. The van der Waals surface area contributed by atoms with Crippen LogP contribution < -0.4 is 20.5 Å². The molecule has 0 saturated heterocycles. The lowest BCUT2D eigenvalue weighted by Gasteiger charge is -2.26. The largest absolute Gasteiger partial charge is 0.755 e. The zero-order chi connectivity index (χ0) is 22.0. The van der Waals surface area contributed by atoms with Crippen LogP contribution in [0.4, 0.5) is 11.8 Å². The predicted octanol–water partition coefficient (Wildman–Crippen LogP) is 2.90. The molecule has 3 aromatic rings.